The fraction of sp³-hybridized carbons (Fsp3) is 0.194. The van der Waals surface area contributed by atoms with Crippen LogP contribution < -0.4 is 26.8 Å². The summed E-state index contributed by atoms with van der Waals surface area (Å²) in [7, 11) is -4.52. The normalized spacial score (nSPS) is 13.6. The van der Waals surface area contributed by atoms with Crippen LogP contribution in [0.2, 0.25) is 0 Å². The Morgan fingerprint density at radius 1 is 0.935 bits per heavy atom. The Kier molecular flexibility index (Phi) is 7.38. The highest BCUT2D eigenvalue weighted by molar-refractivity contribution is 7.92. The summed E-state index contributed by atoms with van der Waals surface area (Å²) in [5.74, 6) is -0.797. The molecule has 238 valence electrons. The fourth-order valence-corrected chi connectivity index (χ4v) is 6.28. The van der Waals surface area contributed by atoms with Crippen LogP contribution in [0.4, 0.5) is 34.8 Å². The van der Waals surface area contributed by atoms with Gasteiger partial charge < -0.3 is 10.3 Å². The summed E-state index contributed by atoms with van der Waals surface area (Å²) in [6.07, 6.45) is -3.70. The van der Waals surface area contributed by atoms with Gasteiger partial charge in [0, 0.05) is 11.6 Å². The van der Waals surface area contributed by atoms with Crippen LogP contribution in [-0.4, -0.2) is 22.5 Å². The molecule has 5 aromatic rings. The van der Waals surface area contributed by atoms with Crippen LogP contribution in [0.5, 0.6) is 0 Å². The van der Waals surface area contributed by atoms with Crippen molar-refractivity contribution < 1.29 is 26.0 Å². The molecule has 3 N–H and O–H groups in total. The average molecular weight is 656 g/mol. The lowest BCUT2D eigenvalue weighted by molar-refractivity contribution is -0.137. The number of halogens is 4. The number of aryl methyl sites for hydroxylation is 2. The summed E-state index contributed by atoms with van der Waals surface area (Å²) in [4.78, 5) is 42.9. The van der Waals surface area contributed by atoms with Crippen LogP contribution in [0, 0.1) is 19.7 Å². The van der Waals surface area contributed by atoms with Crippen LogP contribution in [0.25, 0.3) is 16.6 Å². The van der Waals surface area contributed by atoms with E-state index < -0.39 is 55.3 Å². The average Bonchev–Trinajstić information content (AvgIpc) is 3.82. The van der Waals surface area contributed by atoms with E-state index >= 15 is 0 Å². The maximum atomic E-state index is 14.8. The number of fused-ring (bicyclic) bond motifs is 1. The van der Waals surface area contributed by atoms with Crippen molar-refractivity contribution in [1.82, 2.24) is 14.1 Å². The molecule has 1 aliphatic rings. The highest BCUT2D eigenvalue weighted by Crippen LogP contribution is 2.34. The maximum Gasteiger partial charge on any atom is 0.416 e. The molecule has 2 aromatic heterocycles. The molecule has 1 saturated carbocycles. The number of hydrogen-bond acceptors (Lipinski definition) is 6. The largest absolute Gasteiger partial charge is 0.416 e. The minimum Gasteiger partial charge on any atom is -0.339 e. The molecule has 0 saturated heterocycles. The number of nitrogens with zero attached hydrogens (tertiary/aromatic N) is 2. The quantitative estimate of drug-likeness (QED) is 0.199. The molecule has 1 fully saturated rings. The molecule has 0 unspecified atom stereocenters. The van der Waals surface area contributed by atoms with Gasteiger partial charge in [0.2, 0.25) is 0 Å². The van der Waals surface area contributed by atoms with Gasteiger partial charge in [0.25, 0.3) is 21.1 Å². The number of anilines is 3. The molecule has 0 amide bonds. The fourth-order valence-electron chi connectivity index (χ4n) is 5.19. The van der Waals surface area contributed by atoms with Crippen LogP contribution in [-0.2, 0) is 16.2 Å². The number of hydrogen-bond donors (Lipinski definition) is 3. The van der Waals surface area contributed by atoms with Crippen LogP contribution in [0.3, 0.4) is 0 Å². The molecular formula is C31H25F4N5O5S. The lowest BCUT2D eigenvalue weighted by atomic mass is 10.1. The van der Waals surface area contributed by atoms with Gasteiger partial charge in [-0.1, -0.05) is 18.2 Å². The van der Waals surface area contributed by atoms with Crippen molar-refractivity contribution in [3.8, 4) is 5.69 Å². The lowest BCUT2D eigenvalue weighted by Gasteiger charge is -2.19. The number of alkyl halides is 3. The standard InChI is InChI=1S/C31H25F4N5O5S/c1-16-9-12-24(23(32)13-16)36-27-25-26(17(2)28(41)37-27)39(30(43)40(29(25)42)20-10-11-20)21-7-4-6-19(15-21)38-46(44,45)22-8-3-5-18(14-22)31(33,34)35/h3-9,12-15,20,38H,10-11H2,1-2H3,(H2,36,37,41). The monoisotopic (exact) mass is 655 g/mol. The van der Waals surface area contributed by atoms with E-state index in [2.05, 4.69) is 15.0 Å². The second kappa shape index (κ2) is 11.0. The Morgan fingerprint density at radius 3 is 2.33 bits per heavy atom. The molecule has 0 radical (unpaired) electrons. The second-order valence-electron chi connectivity index (χ2n) is 11.0. The third kappa shape index (κ3) is 5.57. The Balaban J connectivity index is 1.54. The lowest BCUT2D eigenvalue weighted by Crippen LogP contribution is -2.40. The summed E-state index contributed by atoms with van der Waals surface area (Å²) < 4.78 is 85.1. The van der Waals surface area contributed by atoms with Gasteiger partial charge in [-0.05, 0) is 80.8 Å². The Bertz CT molecular complexity index is 2340. The number of nitrogens with one attached hydrogen (secondary N) is 3. The zero-order chi connectivity index (χ0) is 33.1. The molecule has 2 heterocycles. The van der Waals surface area contributed by atoms with Crippen LogP contribution in [0.1, 0.15) is 35.6 Å². The number of pyridine rings is 1. The third-order valence-corrected chi connectivity index (χ3v) is 8.98. The summed E-state index contributed by atoms with van der Waals surface area (Å²) in [5.41, 5.74) is -2.90. The van der Waals surface area contributed by atoms with Crippen molar-refractivity contribution in [2.75, 3.05) is 10.0 Å². The van der Waals surface area contributed by atoms with E-state index in [1.165, 1.54) is 43.3 Å². The van der Waals surface area contributed by atoms with E-state index in [4.69, 9.17) is 0 Å². The molecular weight excluding hydrogens is 630 g/mol. The van der Waals surface area contributed by atoms with E-state index in [9.17, 15) is 40.4 Å². The predicted molar refractivity (Wildman–Crippen MR) is 164 cm³/mol. The SMILES string of the molecule is Cc1ccc(Nc2[nH]c(=O)c(C)c3c2c(=O)n(C2CC2)c(=O)n3-c2cccc(NS(=O)(=O)c3cccc(C(F)(F)F)c3)c2)c(F)c1. The van der Waals surface area contributed by atoms with Crippen LogP contribution in [0.15, 0.2) is 86.0 Å². The van der Waals surface area contributed by atoms with Crippen molar-refractivity contribution >= 4 is 38.1 Å². The van der Waals surface area contributed by atoms with Crippen molar-refractivity contribution in [3.05, 3.63) is 120 Å². The first-order valence-electron chi connectivity index (χ1n) is 13.9. The molecule has 1 aliphatic carbocycles. The first kappa shape index (κ1) is 30.8. The molecule has 0 atom stereocenters. The molecule has 0 bridgehead atoms. The highest BCUT2D eigenvalue weighted by atomic mass is 32.2. The van der Waals surface area contributed by atoms with Gasteiger partial charge in [0.05, 0.1) is 33.0 Å². The summed E-state index contributed by atoms with van der Waals surface area (Å²) in [5, 5.41) is 2.67. The highest BCUT2D eigenvalue weighted by Gasteiger charge is 2.33. The maximum absolute atomic E-state index is 14.8. The molecule has 0 aliphatic heterocycles. The van der Waals surface area contributed by atoms with Crippen molar-refractivity contribution in [1.29, 1.82) is 0 Å². The molecule has 46 heavy (non-hydrogen) atoms. The van der Waals surface area contributed by atoms with Gasteiger partial charge >= 0.3 is 11.9 Å². The zero-order valence-corrected chi connectivity index (χ0v) is 25.0. The van der Waals surface area contributed by atoms with Crippen molar-refractivity contribution in [2.24, 2.45) is 0 Å². The third-order valence-electron chi connectivity index (χ3n) is 7.60. The predicted octanol–water partition coefficient (Wildman–Crippen LogP) is 5.49. The first-order valence-corrected chi connectivity index (χ1v) is 15.4. The molecule has 6 rings (SSSR count). The first-order chi connectivity index (χ1) is 21.7. The second-order valence-corrected chi connectivity index (χ2v) is 12.7. The minimum absolute atomic E-state index is 0.0166. The number of aromatic nitrogens is 3. The van der Waals surface area contributed by atoms with Gasteiger partial charge in [-0.2, -0.15) is 13.2 Å². The Labute approximate surface area is 258 Å². The number of H-pyrrole nitrogens is 1. The van der Waals surface area contributed by atoms with Gasteiger partial charge in [0.15, 0.2) is 0 Å². The Morgan fingerprint density at radius 2 is 1.65 bits per heavy atom. The van der Waals surface area contributed by atoms with Gasteiger partial charge in [-0.15, -0.1) is 0 Å². The van der Waals surface area contributed by atoms with Crippen LogP contribution >= 0.6 is 0 Å². The van der Waals surface area contributed by atoms with E-state index in [1.54, 1.807) is 13.0 Å². The van der Waals surface area contributed by atoms with Gasteiger partial charge in [0.1, 0.15) is 17.0 Å². The van der Waals surface area contributed by atoms with Crippen molar-refractivity contribution in [3.63, 3.8) is 0 Å². The molecule has 0 spiro atoms. The van der Waals surface area contributed by atoms with Crippen molar-refractivity contribution in [2.45, 2.75) is 43.8 Å². The smallest absolute Gasteiger partial charge is 0.339 e. The molecule has 10 nitrogen and oxygen atoms in total. The minimum atomic E-state index is -4.77. The van der Waals surface area contributed by atoms with Gasteiger partial charge in [-0.3, -0.25) is 23.4 Å². The van der Waals surface area contributed by atoms with Gasteiger partial charge in [-0.25, -0.2) is 17.6 Å². The zero-order valence-electron chi connectivity index (χ0n) is 24.2. The van der Waals surface area contributed by atoms with E-state index in [0.29, 0.717) is 24.5 Å². The number of sulfonamides is 1. The van der Waals surface area contributed by atoms with E-state index in [0.717, 1.165) is 27.3 Å². The summed E-state index contributed by atoms with van der Waals surface area (Å²) in [6.45, 7) is 3.09. The number of benzene rings is 3. The number of aromatic amines is 1. The van der Waals surface area contributed by atoms with E-state index in [1.807, 2.05) is 0 Å². The number of rotatable bonds is 7. The summed E-state index contributed by atoms with van der Waals surface area (Å²) >= 11 is 0. The Hall–Kier alpha value is -5.18. The topological polar surface area (TPSA) is 135 Å². The molecule has 3 aromatic carbocycles. The van der Waals surface area contributed by atoms with E-state index in [-0.39, 0.29) is 39.3 Å². The molecule has 15 heteroatoms. The summed E-state index contributed by atoms with van der Waals surface area (Å²) in [6, 6.07) is 12.5.